The van der Waals surface area contributed by atoms with E-state index in [2.05, 4.69) is 10.6 Å². The van der Waals surface area contributed by atoms with E-state index in [4.69, 9.17) is 16.3 Å². The normalized spacial score (nSPS) is 10.1. The van der Waals surface area contributed by atoms with Crippen molar-refractivity contribution in [2.75, 3.05) is 10.6 Å². The molecule has 0 fully saturated rings. The summed E-state index contributed by atoms with van der Waals surface area (Å²) in [5.74, 6) is -0.480. The second-order valence-electron chi connectivity index (χ2n) is 5.75. The number of hydrogen-bond acceptors (Lipinski definition) is 5. The molecular formula is C20H14ClN3O5. The predicted octanol–water partition coefficient (Wildman–Crippen LogP) is 5.11. The molecule has 2 N–H and O–H groups in total. The van der Waals surface area contributed by atoms with Crippen LogP contribution in [-0.4, -0.2) is 16.9 Å². The molecule has 146 valence electrons. The smallest absolute Gasteiger partial charge is 0.409 e. The zero-order valence-electron chi connectivity index (χ0n) is 14.8. The Morgan fingerprint density at radius 3 is 2.34 bits per heavy atom. The number of nitro benzene ring substituents is 1. The number of amides is 2. The minimum absolute atomic E-state index is 0.00459. The molecule has 0 bridgehead atoms. The van der Waals surface area contributed by atoms with E-state index in [1.165, 1.54) is 24.3 Å². The van der Waals surface area contributed by atoms with E-state index in [9.17, 15) is 19.7 Å². The zero-order chi connectivity index (χ0) is 20.8. The fourth-order valence-electron chi connectivity index (χ4n) is 2.46. The summed E-state index contributed by atoms with van der Waals surface area (Å²) in [6, 6.07) is 18.7. The molecule has 0 saturated heterocycles. The summed E-state index contributed by atoms with van der Waals surface area (Å²) in [4.78, 5) is 35.2. The van der Waals surface area contributed by atoms with Crippen molar-refractivity contribution in [2.45, 2.75) is 0 Å². The summed E-state index contributed by atoms with van der Waals surface area (Å²) in [5, 5.41) is 16.3. The largest absolute Gasteiger partial charge is 0.417 e. The van der Waals surface area contributed by atoms with Crippen LogP contribution in [0.1, 0.15) is 10.4 Å². The van der Waals surface area contributed by atoms with Gasteiger partial charge in [0, 0.05) is 16.8 Å². The highest BCUT2D eigenvalue weighted by Crippen LogP contribution is 2.28. The van der Waals surface area contributed by atoms with Crippen molar-refractivity contribution >= 4 is 40.7 Å². The highest BCUT2D eigenvalue weighted by Gasteiger charge is 2.19. The summed E-state index contributed by atoms with van der Waals surface area (Å²) in [5.41, 5.74) is 0.228. The molecule has 3 rings (SSSR count). The molecule has 0 aliphatic heterocycles. The molecule has 3 aromatic rings. The fourth-order valence-corrected chi connectivity index (χ4v) is 2.63. The highest BCUT2D eigenvalue weighted by atomic mass is 35.5. The summed E-state index contributed by atoms with van der Waals surface area (Å²) >= 11 is 5.76. The van der Waals surface area contributed by atoms with Crippen molar-refractivity contribution in [3.63, 3.8) is 0 Å². The number of nitrogens with zero attached hydrogens (tertiary/aromatic N) is 1. The molecule has 2 amide bonds. The minimum atomic E-state index is -0.990. The number of anilines is 2. The molecular weight excluding hydrogens is 398 g/mol. The Bertz CT molecular complexity index is 1070. The van der Waals surface area contributed by atoms with E-state index < -0.39 is 16.9 Å². The molecule has 0 aliphatic rings. The number of para-hydroxylation sites is 2. The Hall–Kier alpha value is -3.91. The van der Waals surface area contributed by atoms with Gasteiger partial charge in [-0.15, -0.1) is 0 Å². The molecule has 9 heteroatoms. The number of benzene rings is 3. The molecule has 0 aromatic heterocycles. The maximum atomic E-state index is 12.5. The van der Waals surface area contributed by atoms with Gasteiger partial charge in [-0.1, -0.05) is 41.9 Å². The highest BCUT2D eigenvalue weighted by molar-refractivity contribution is 6.31. The Balaban J connectivity index is 1.77. The van der Waals surface area contributed by atoms with E-state index in [0.717, 1.165) is 6.07 Å². The third kappa shape index (κ3) is 5.08. The first-order chi connectivity index (χ1) is 13.9. The average molecular weight is 412 g/mol. The molecule has 8 nitrogen and oxygen atoms in total. The lowest BCUT2D eigenvalue weighted by molar-refractivity contribution is -0.383. The van der Waals surface area contributed by atoms with Gasteiger partial charge in [0.05, 0.1) is 10.5 Å². The van der Waals surface area contributed by atoms with Gasteiger partial charge in [-0.25, -0.2) is 4.79 Å². The average Bonchev–Trinajstić information content (AvgIpc) is 2.70. The first-order valence-corrected chi connectivity index (χ1v) is 8.70. The molecule has 0 atom stereocenters. The number of nitrogens with one attached hydrogen (secondary N) is 2. The molecule has 0 spiro atoms. The van der Waals surface area contributed by atoms with Gasteiger partial charge in [0.1, 0.15) is 11.4 Å². The molecule has 0 radical (unpaired) electrons. The predicted molar refractivity (Wildman–Crippen MR) is 109 cm³/mol. The Kier molecular flexibility index (Phi) is 6.06. The monoisotopic (exact) mass is 411 g/mol. The first kappa shape index (κ1) is 19.8. The lowest BCUT2D eigenvalue weighted by Gasteiger charge is -2.11. The zero-order valence-corrected chi connectivity index (χ0v) is 15.6. The number of nitro groups is 1. The van der Waals surface area contributed by atoms with Crippen LogP contribution >= 0.6 is 11.6 Å². The Labute approximate surface area is 170 Å². The molecule has 0 saturated carbocycles. The molecule has 0 heterocycles. The van der Waals surface area contributed by atoms with Crippen LogP contribution in [0.5, 0.6) is 5.75 Å². The number of hydrogen-bond donors (Lipinski definition) is 2. The van der Waals surface area contributed by atoms with Gasteiger partial charge in [-0.3, -0.25) is 20.2 Å². The molecule has 0 aliphatic carbocycles. The molecule has 29 heavy (non-hydrogen) atoms. The minimum Gasteiger partial charge on any atom is -0.409 e. The van der Waals surface area contributed by atoms with Crippen molar-refractivity contribution in [3.05, 3.63) is 93.5 Å². The van der Waals surface area contributed by atoms with Crippen molar-refractivity contribution < 1.29 is 19.2 Å². The van der Waals surface area contributed by atoms with Crippen LogP contribution in [0.2, 0.25) is 5.02 Å². The second-order valence-corrected chi connectivity index (χ2v) is 6.19. The van der Waals surface area contributed by atoms with Gasteiger partial charge in [0.15, 0.2) is 0 Å². The van der Waals surface area contributed by atoms with E-state index in [1.54, 1.807) is 36.4 Å². The fraction of sp³-hybridized carbons (Fsp3) is 0. The van der Waals surface area contributed by atoms with Crippen LogP contribution in [0.3, 0.4) is 0 Å². The van der Waals surface area contributed by atoms with Gasteiger partial charge < -0.3 is 10.1 Å². The molecule has 0 unspecified atom stereocenters. The van der Waals surface area contributed by atoms with Crippen LogP contribution in [0.15, 0.2) is 72.8 Å². The van der Waals surface area contributed by atoms with Gasteiger partial charge >= 0.3 is 6.09 Å². The third-order valence-electron chi connectivity index (χ3n) is 3.76. The second kappa shape index (κ2) is 8.85. The van der Waals surface area contributed by atoms with Crippen molar-refractivity contribution in [3.8, 4) is 5.75 Å². The lowest BCUT2D eigenvalue weighted by atomic mass is 10.2. The summed E-state index contributed by atoms with van der Waals surface area (Å²) in [7, 11) is 0. The standard InChI is InChI=1S/C20H14ClN3O5/c21-13-10-11-16(17(12-13)24(27)28)23-20(26)29-18-9-5-4-8-15(18)19(25)22-14-6-2-1-3-7-14/h1-12H,(H,22,25)(H,23,26). The number of halogens is 1. The third-order valence-corrected chi connectivity index (χ3v) is 3.99. The van der Waals surface area contributed by atoms with Gasteiger partial charge in [-0.2, -0.15) is 0 Å². The van der Waals surface area contributed by atoms with Crippen molar-refractivity contribution in [1.82, 2.24) is 0 Å². The van der Waals surface area contributed by atoms with Crippen molar-refractivity contribution in [2.24, 2.45) is 0 Å². The Morgan fingerprint density at radius 1 is 0.931 bits per heavy atom. The van der Waals surface area contributed by atoms with E-state index in [0.29, 0.717) is 5.69 Å². The maximum Gasteiger partial charge on any atom is 0.417 e. The number of carbonyl (C=O) groups excluding carboxylic acids is 2. The van der Waals surface area contributed by atoms with Crippen LogP contribution in [0.25, 0.3) is 0 Å². The van der Waals surface area contributed by atoms with Crippen LogP contribution in [-0.2, 0) is 0 Å². The van der Waals surface area contributed by atoms with Crippen molar-refractivity contribution in [1.29, 1.82) is 0 Å². The Morgan fingerprint density at radius 2 is 1.62 bits per heavy atom. The summed E-state index contributed by atoms with van der Waals surface area (Å²) < 4.78 is 5.21. The SMILES string of the molecule is O=C(Nc1ccc(Cl)cc1[N+](=O)[O-])Oc1ccccc1C(=O)Nc1ccccc1. The van der Waals surface area contributed by atoms with Crippen LogP contribution < -0.4 is 15.4 Å². The van der Waals surface area contributed by atoms with Gasteiger partial charge in [0.25, 0.3) is 11.6 Å². The summed E-state index contributed by atoms with van der Waals surface area (Å²) in [6.07, 6.45) is -0.990. The first-order valence-electron chi connectivity index (χ1n) is 8.32. The number of carbonyl (C=O) groups is 2. The van der Waals surface area contributed by atoms with Crippen LogP contribution in [0.4, 0.5) is 21.9 Å². The lowest BCUT2D eigenvalue weighted by Crippen LogP contribution is -2.20. The number of rotatable bonds is 5. The van der Waals surface area contributed by atoms with Gasteiger partial charge in [0.2, 0.25) is 0 Å². The van der Waals surface area contributed by atoms with E-state index in [-0.39, 0.29) is 27.7 Å². The van der Waals surface area contributed by atoms with Crippen LogP contribution in [0, 0.1) is 10.1 Å². The number of ether oxygens (including phenoxy) is 1. The van der Waals surface area contributed by atoms with E-state index >= 15 is 0 Å². The van der Waals surface area contributed by atoms with E-state index in [1.807, 2.05) is 6.07 Å². The maximum absolute atomic E-state index is 12.5. The summed E-state index contributed by atoms with van der Waals surface area (Å²) in [6.45, 7) is 0. The van der Waals surface area contributed by atoms with Gasteiger partial charge in [-0.05, 0) is 36.4 Å². The molecule has 3 aromatic carbocycles. The quantitative estimate of drug-likeness (QED) is 0.447. The topological polar surface area (TPSA) is 111 Å².